The maximum Gasteiger partial charge on any atom is 0.269 e. The summed E-state index contributed by atoms with van der Waals surface area (Å²) in [4.78, 5) is 29.6. The molecule has 1 aromatic heterocycles. The Balaban J connectivity index is 1.86. The quantitative estimate of drug-likeness (QED) is 0.691. The van der Waals surface area contributed by atoms with Crippen molar-refractivity contribution >= 4 is 5.69 Å². The average Bonchev–Trinajstić information content (AvgIpc) is 2.48. The standard InChI is InChI=1S/C15H15N3O3/c19-15-12-3-1-2-4-13(12)16-14(17-15)9-10-5-7-11(8-6-10)18(20)21/h5-8H,1-4,9H2,(H,16,17,19). The average molecular weight is 285 g/mol. The third-order valence-corrected chi connectivity index (χ3v) is 3.76. The zero-order chi connectivity index (χ0) is 14.8. The first-order chi connectivity index (χ1) is 10.1. The van der Waals surface area contributed by atoms with E-state index in [2.05, 4.69) is 9.97 Å². The van der Waals surface area contributed by atoms with E-state index < -0.39 is 4.92 Å². The molecule has 6 nitrogen and oxygen atoms in total. The van der Waals surface area contributed by atoms with Gasteiger partial charge in [0.2, 0.25) is 0 Å². The van der Waals surface area contributed by atoms with Crippen LogP contribution in [0.3, 0.4) is 0 Å². The summed E-state index contributed by atoms with van der Waals surface area (Å²) in [7, 11) is 0. The summed E-state index contributed by atoms with van der Waals surface area (Å²) in [5.74, 6) is 0.620. The molecule has 1 aliphatic carbocycles. The third-order valence-electron chi connectivity index (χ3n) is 3.76. The molecule has 1 aliphatic rings. The van der Waals surface area contributed by atoms with Crippen LogP contribution < -0.4 is 5.56 Å². The maximum absolute atomic E-state index is 12.0. The SMILES string of the molecule is O=c1[nH]c(Cc2ccc([N+](=O)[O-])cc2)nc2c1CCCC2. The smallest absolute Gasteiger partial charge is 0.269 e. The summed E-state index contributed by atoms with van der Waals surface area (Å²) in [5, 5.41) is 10.6. The zero-order valence-electron chi connectivity index (χ0n) is 11.5. The first-order valence-corrected chi connectivity index (χ1v) is 6.98. The Labute approximate surface area is 121 Å². The van der Waals surface area contributed by atoms with Crippen LogP contribution in [0.15, 0.2) is 29.1 Å². The molecule has 0 radical (unpaired) electrons. The summed E-state index contributed by atoms with van der Waals surface area (Å²) in [6.45, 7) is 0. The predicted molar refractivity (Wildman–Crippen MR) is 77.4 cm³/mol. The van der Waals surface area contributed by atoms with Gasteiger partial charge in [-0.3, -0.25) is 14.9 Å². The Hall–Kier alpha value is -2.50. The number of non-ortho nitro benzene ring substituents is 1. The maximum atomic E-state index is 12.0. The number of aromatic amines is 1. The van der Waals surface area contributed by atoms with Crippen molar-refractivity contribution in [3.8, 4) is 0 Å². The van der Waals surface area contributed by atoms with Crippen molar-refractivity contribution in [3.05, 3.63) is 67.4 Å². The highest BCUT2D eigenvalue weighted by atomic mass is 16.6. The highest BCUT2D eigenvalue weighted by Gasteiger charge is 2.15. The fourth-order valence-electron chi connectivity index (χ4n) is 2.67. The molecule has 6 heteroatoms. The molecule has 3 rings (SSSR count). The molecule has 1 N–H and O–H groups in total. The van der Waals surface area contributed by atoms with Gasteiger partial charge in [0.15, 0.2) is 0 Å². The van der Waals surface area contributed by atoms with Gasteiger partial charge in [-0.2, -0.15) is 0 Å². The van der Waals surface area contributed by atoms with Crippen LogP contribution in [0.25, 0.3) is 0 Å². The van der Waals surface area contributed by atoms with E-state index in [1.54, 1.807) is 12.1 Å². The highest BCUT2D eigenvalue weighted by Crippen LogP contribution is 2.17. The van der Waals surface area contributed by atoms with Crippen LogP contribution in [0.5, 0.6) is 0 Å². The van der Waals surface area contributed by atoms with Crippen molar-refractivity contribution in [2.45, 2.75) is 32.1 Å². The number of H-pyrrole nitrogens is 1. The second-order valence-electron chi connectivity index (χ2n) is 5.25. The number of nitrogens with zero attached hydrogens (tertiary/aromatic N) is 2. The van der Waals surface area contributed by atoms with E-state index in [1.165, 1.54) is 12.1 Å². The number of nitro groups is 1. The predicted octanol–water partition coefficient (Wildman–Crippen LogP) is 2.15. The monoisotopic (exact) mass is 285 g/mol. The Morgan fingerprint density at radius 2 is 1.90 bits per heavy atom. The number of rotatable bonds is 3. The van der Waals surface area contributed by atoms with Crippen molar-refractivity contribution < 1.29 is 4.92 Å². The van der Waals surface area contributed by atoms with Crippen LogP contribution in [-0.2, 0) is 19.3 Å². The number of aromatic nitrogens is 2. The zero-order valence-corrected chi connectivity index (χ0v) is 11.5. The largest absolute Gasteiger partial charge is 0.310 e. The number of nitro benzene ring substituents is 1. The lowest BCUT2D eigenvalue weighted by Gasteiger charge is -2.14. The molecule has 0 saturated carbocycles. The lowest BCUT2D eigenvalue weighted by atomic mass is 9.97. The molecule has 0 unspecified atom stereocenters. The van der Waals surface area contributed by atoms with E-state index in [4.69, 9.17) is 0 Å². The number of fused-ring (bicyclic) bond motifs is 1. The van der Waals surface area contributed by atoms with Gasteiger partial charge in [-0.1, -0.05) is 12.1 Å². The van der Waals surface area contributed by atoms with Crippen LogP contribution in [0.1, 0.15) is 35.5 Å². The molecule has 0 amide bonds. The fraction of sp³-hybridized carbons (Fsp3) is 0.333. The second kappa shape index (κ2) is 5.47. The number of aryl methyl sites for hydroxylation is 1. The molecule has 1 heterocycles. The number of hydrogen-bond donors (Lipinski definition) is 1. The first-order valence-electron chi connectivity index (χ1n) is 6.98. The molecular formula is C15H15N3O3. The van der Waals surface area contributed by atoms with Gasteiger partial charge >= 0.3 is 0 Å². The van der Waals surface area contributed by atoms with Crippen LogP contribution in [-0.4, -0.2) is 14.9 Å². The first kappa shape index (κ1) is 13.5. The summed E-state index contributed by atoms with van der Waals surface area (Å²) in [6, 6.07) is 6.31. The Kier molecular flexibility index (Phi) is 3.51. The molecule has 21 heavy (non-hydrogen) atoms. The van der Waals surface area contributed by atoms with E-state index in [1.807, 2.05) is 0 Å². The van der Waals surface area contributed by atoms with Gasteiger partial charge in [-0.15, -0.1) is 0 Å². The number of nitrogens with one attached hydrogen (secondary N) is 1. The molecule has 0 spiro atoms. The molecule has 0 atom stereocenters. The van der Waals surface area contributed by atoms with Crippen molar-refractivity contribution in [1.29, 1.82) is 0 Å². The third kappa shape index (κ3) is 2.84. The van der Waals surface area contributed by atoms with Crippen molar-refractivity contribution in [2.24, 2.45) is 0 Å². The molecule has 2 aromatic rings. The van der Waals surface area contributed by atoms with Gasteiger partial charge in [0, 0.05) is 24.1 Å². The summed E-state index contributed by atoms with van der Waals surface area (Å²) < 4.78 is 0. The fourth-order valence-corrected chi connectivity index (χ4v) is 2.67. The minimum atomic E-state index is -0.428. The second-order valence-corrected chi connectivity index (χ2v) is 5.25. The lowest BCUT2D eigenvalue weighted by molar-refractivity contribution is -0.384. The van der Waals surface area contributed by atoms with E-state index >= 15 is 0 Å². The topological polar surface area (TPSA) is 88.9 Å². The van der Waals surface area contributed by atoms with Crippen molar-refractivity contribution in [1.82, 2.24) is 9.97 Å². The Morgan fingerprint density at radius 3 is 2.62 bits per heavy atom. The summed E-state index contributed by atoms with van der Waals surface area (Å²) in [5.41, 5.74) is 2.62. The molecule has 0 fully saturated rings. The molecule has 0 bridgehead atoms. The van der Waals surface area contributed by atoms with Gasteiger partial charge in [-0.05, 0) is 31.2 Å². The summed E-state index contributed by atoms with van der Waals surface area (Å²) >= 11 is 0. The molecular weight excluding hydrogens is 270 g/mol. The van der Waals surface area contributed by atoms with Gasteiger partial charge in [0.25, 0.3) is 11.2 Å². The van der Waals surface area contributed by atoms with E-state index in [0.29, 0.717) is 12.2 Å². The van der Waals surface area contributed by atoms with Gasteiger partial charge in [0.05, 0.1) is 10.6 Å². The number of hydrogen-bond acceptors (Lipinski definition) is 4. The minimum Gasteiger partial charge on any atom is -0.310 e. The molecule has 0 aliphatic heterocycles. The molecule has 1 aromatic carbocycles. The van der Waals surface area contributed by atoms with E-state index in [9.17, 15) is 14.9 Å². The van der Waals surface area contributed by atoms with Crippen molar-refractivity contribution in [3.63, 3.8) is 0 Å². The van der Waals surface area contributed by atoms with E-state index in [0.717, 1.165) is 42.5 Å². The summed E-state index contributed by atoms with van der Waals surface area (Å²) in [6.07, 6.45) is 4.24. The lowest BCUT2D eigenvalue weighted by Crippen LogP contribution is -2.23. The van der Waals surface area contributed by atoms with Crippen LogP contribution >= 0.6 is 0 Å². The highest BCUT2D eigenvalue weighted by molar-refractivity contribution is 5.34. The molecule has 108 valence electrons. The Bertz CT molecular complexity index is 735. The van der Waals surface area contributed by atoms with Crippen LogP contribution in [0.2, 0.25) is 0 Å². The van der Waals surface area contributed by atoms with Crippen LogP contribution in [0, 0.1) is 10.1 Å². The molecule has 0 saturated heterocycles. The van der Waals surface area contributed by atoms with Gasteiger partial charge < -0.3 is 4.98 Å². The van der Waals surface area contributed by atoms with Crippen molar-refractivity contribution in [2.75, 3.05) is 0 Å². The Morgan fingerprint density at radius 1 is 1.19 bits per heavy atom. The normalized spacial score (nSPS) is 13.7. The van der Waals surface area contributed by atoms with Gasteiger partial charge in [0.1, 0.15) is 5.82 Å². The minimum absolute atomic E-state index is 0.0448. The van der Waals surface area contributed by atoms with Crippen LogP contribution in [0.4, 0.5) is 5.69 Å². The van der Waals surface area contributed by atoms with Gasteiger partial charge in [-0.25, -0.2) is 4.98 Å². The van der Waals surface area contributed by atoms with E-state index in [-0.39, 0.29) is 11.2 Å². The number of benzene rings is 1.